The molecule has 94 valence electrons. The summed E-state index contributed by atoms with van der Waals surface area (Å²) < 4.78 is 5.19. The topological polar surface area (TPSA) is 79.0 Å². The van der Waals surface area contributed by atoms with Crippen molar-refractivity contribution in [2.24, 2.45) is 0 Å². The second kappa shape index (κ2) is 4.66. The molecule has 18 heavy (non-hydrogen) atoms. The molecule has 0 spiro atoms. The summed E-state index contributed by atoms with van der Waals surface area (Å²) in [5, 5.41) is 5.52. The standard InChI is InChI=1S/C12H14N4O2/c17-12(13-8-5-6-18-7-8)16-11-14-9-3-1-2-4-10(9)15-11/h1-4,8H,5-7H2,(H3,13,14,15,16,17). The van der Waals surface area contributed by atoms with E-state index in [1.165, 1.54) is 0 Å². The Morgan fingerprint density at radius 3 is 3.11 bits per heavy atom. The number of imidazole rings is 1. The highest BCUT2D eigenvalue weighted by Crippen LogP contribution is 2.13. The van der Waals surface area contributed by atoms with E-state index in [0.29, 0.717) is 19.2 Å². The molecule has 2 heterocycles. The predicted octanol–water partition coefficient (Wildman–Crippen LogP) is 1.47. The Morgan fingerprint density at radius 2 is 2.33 bits per heavy atom. The quantitative estimate of drug-likeness (QED) is 0.750. The van der Waals surface area contributed by atoms with E-state index in [1.807, 2.05) is 24.3 Å². The lowest BCUT2D eigenvalue weighted by atomic mass is 10.3. The van der Waals surface area contributed by atoms with Gasteiger partial charge >= 0.3 is 6.03 Å². The number of nitrogens with zero attached hydrogens (tertiary/aromatic N) is 1. The number of aromatic amines is 1. The fraction of sp³-hybridized carbons (Fsp3) is 0.333. The molecule has 6 heteroatoms. The van der Waals surface area contributed by atoms with Crippen molar-refractivity contribution in [2.45, 2.75) is 12.5 Å². The number of ether oxygens (including phenoxy) is 1. The first-order chi connectivity index (χ1) is 8.81. The molecule has 2 amide bonds. The van der Waals surface area contributed by atoms with Crippen LogP contribution in [-0.2, 0) is 4.74 Å². The van der Waals surface area contributed by atoms with Crippen LogP contribution in [0.4, 0.5) is 10.7 Å². The smallest absolute Gasteiger partial charge is 0.321 e. The van der Waals surface area contributed by atoms with Crippen LogP contribution in [0.25, 0.3) is 11.0 Å². The molecule has 3 rings (SSSR count). The maximum atomic E-state index is 11.7. The van der Waals surface area contributed by atoms with Gasteiger partial charge in [-0.25, -0.2) is 9.78 Å². The fourth-order valence-electron chi connectivity index (χ4n) is 1.99. The van der Waals surface area contributed by atoms with E-state index in [0.717, 1.165) is 17.5 Å². The molecule has 1 aliphatic heterocycles. The molecule has 0 radical (unpaired) electrons. The number of rotatable bonds is 2. The monoisotopic (exact) mass is 246 g/mol. The summed E-state index contributed by atoms with van der Waals surface area (Å²) in [7, 11) is 0. The fourth-order valence-corrected chi connectivity index (χ4v) is 1.99. The van der Waals surface area contributed by atoms with Crippen molar-refractivity contribution in [2.75, 3.05) is 18.5 Å². The first kappa shape index (κ1) is 11.0. The largest absolute Gasteiger partial charge is 0.379 e. The van der Waals surface area contributed by atoms with Crippen molar-refractivity contribution in [1.29, 1.82) is 0 Å². The van der Waals surface area contributed by atoms with Gasteiger partial charge in [0.25, 0.3) is 0 Å². The zero-order chi connectivity index (χ0) is 12.4. The summed E-state index contributed by atoms with van der Waals surface area (Å²) in [6.07, 6.45) is 0.855. The van der Waals surface area contributed by atoms with Gasteiger partial charge in [0.05, 0.1) is 23.7 Å². The minimum Gasteiger partial charge on any atom is -0.379 e. The number of hydrogen-bond donors (Lipinski definition) is 3. The summed E-state index contributed by atoms with van der Waals surface area (Å²) in [5.41, 5.74) is 1.73. The summed E-state index contributed by atoms with van der Waals surface area (Å²) in [4.78, 5) is 19.0. The number of hydrogen-bond acceptors (Lipinski definition) is 3. The van der Waals surface area contributed by atoms with Crippen LogP contribution in [0.1, 0.15) is 6.42 Å². The number of fused-ring (bicyclic) bond motifs is 1. The Balaban J connectivity index is 1.66. The van der Waals surface area contributed by atoms with E-state index in [9.17, 15) is 4.79 Å². The molecule has 2 aromatic rings. The summed E-state index contributed by atoms with van der Waals surface area (Å²) in [6.45, 7) is 1.28. The van der Waals surface area contributed by atoms with E-state index in [-0.39, 0.29) is 12.1 Å². The highest BCUT2D eigenvalue weighted by Gasteiger charge is 2.18. The van der Waals surface area contributed by atoms with Crippen molar-refractivity contribution in [3.63, 3.8) is 0 Å². The van der Waals surface area contributed by atoms with Gasteiger partial charge in [-0.1, -0.05) is 12.1 Å². The zero-order valence-electron chi connectivity index (χ0n) is 9.77. The Kier molecular flexibility index (Phi) is 2.85. The van der Waals surface area contributed by atoms with Crippen LogP contribution in [0, 0.1) is 0 Å². The molecule has 1 aliphatic rings. The number of carbonyl (C=O) groups excluding carboxylic acids is 1. The van der Waals surface area contributed by atoms with Gasteiger partial charge in [-0.15, -0.1) is 0 Å². The van der Waals surface area contributed by atoms with Crippen molar-refractivity contribution < 1.29 is 9.53 Å². The highest BCUT2D eigenvalue weighted by molar-refractivity contribution is 5.89. The van der Waals surface area contributed by atoms with E-state index in [2.05, 4.69) is 20.6 Å². The number of H-pyrrole nitrogens is 1. The molecule has 1 unspecified atom stereocenters. The maximum absolute atomic E-state index is 11.7. The minimum atomic E-state index is -0.260. The number of amides is 2. The Hall–Kier alpha value is -2.08. The number of nitrogens with one attached hydrogen (secondary N) is 3. The number of urea groups is 1. The average Bonchev–Trinajstić information content (AvgIpc) is 2.96. The highest BCUT2D eigenvalue weighted by atomic mass is 16.5. The van der Waals surface area contributed by atoms with E-state index in [4.69, 9.17) is 4.74 Å². The molecule has 6 nitrogen and oxygen atoms in total. The average molecular weight is 246 g/mol. The summed E-state index contributed by atoms with van der Waals surface area (Å²) in [6, 6.07) is 7.46. The minimum absolute atomic E-state index is 0.0920. The second-order valence-electron chi connectivity index (χ2n) is 4.26. The van der Waals surface area contributed by atoms with Crippen molar-refractivity contribution in [1.82, 2.24) is 15.3 Å². The Labute approximate surface area is 104 Å². The first-order valence-electron chi connectivity index (χ1n) is 5.91. The van der Waals surface area contributed by atoms with Gasteiger partial charge in [0.2, 0.25) is 5.95 Å². The van der Waals surface area contributed by atoms with E-state index in [1.54, 1.807) is 0 Å². The van der Waals surface area contributed by atoms with Gasteiger partial charge < -0.3 is 15.0 Å². The SMILES string of the molecule is O=C(Nc1nc2ccccc2[nH]1)NC1CCOC1. The number of benzene rings is 1. The first-order valence-corrected chi connectivity index (χ1v) is 5.91. The molecular weight excluding hydrogens is 232 g/mol. The van der Waals surface area contributed by atoms with Crippen LogP contribution in [-0.4, -0.2) is 35.3 Å². The normalized spacial score (nSPS) is 19.0. The van der Waals surface area contributed by atoms with Gasteiger partial charge in [-0.2, -0.15) is 0 Å². The molecule has 0 aliphatic carbocycles. The molecule has 1 atom stereocenters. The molecule has 1 fully saturated rings. The Morgan fingerprint density at radius 1 is 1.44 bits per heavy atom. The predicted molar refractivity (Wildman–Crippen MR) is 67.5 cm³/mol. The van der Waals surface area contributed by atoms with Crippen LogP contribution in [0.15, 0.2) is 24.3 Å². The number of aromatic nitrogens is 2. The maximum Gasteiger partial charge on any atom is 0.321 e. The second-order valence-corrected chi connectivity index (χ2v) is 4.26. The van der Waals surface area contributed by atoms with Crippen LogP contribution >= 0.6 is 0 Å². The molecule has 0 saturated carbocycles. The lowest BCUT2D eigenvalue weighted by molar-refractivity contribution is 0.189. The van der Waals surface area contributed by atoms with Crippen molar-refractivity contribution in [3.8, 4) is 0 Å². The molecule has 1 saturated heterocycles. The van der Waals surface area contributed by atoms with Crippen molar-refractivity contribution in [3.05, 3.63) is 24.3 Å². The molecule has 0 bridgehead atoms. The Bertz CT molecular complexity index is 527. The van der Waals surface area contributed by atoms with Gasteiger partial charge in [-0.05, 0) is 18.6 Å². The van der Waals surface area contributed by atoms with Crippen LogP contribution in [0.2, 0.25) is 0 Å². The number of anilines is 1. The summed E-state index contributed by atoms with van der Waals surface area (Å²) in [5.74, 6) is 0.451. The third-order valence-corrected chi connectivity index (χ3v) is 2.89. The third kappa shape index (κ3) is 2.28. The van der Waals surface area contributed by atoms with Crippen LogP contribution in [0.3, 0.4) is 0 Å². The number of carbonyl (C=O) groups is 1. The third-order valence-electron chi connectivity index (χ3n) is 2.89. The lowest BCUT2D eigenvalue weighted by Gasteiger charge is -2.10. The zero-order valence-corrected chi connectivity index (χ0v) is 9.77. The van der Waals surface area contributed by atoms with Crippen LogP contribution < -0.4 is 10.6 Å². The van der Waals surface area contributed by atoms with Gasteiger partial charge in [0.15, 0.2) is 0 Å². The lowest BCUT2D eigenvalue weighted by Crippen LogP contribution is -2.38. The van der Waals surface area contributed by atoms with Crippen LogP contribution in [0.5, 0.6) is 0 Å². The molecule has 3 N–H and O–H groups in total. The molecular formula is C12H14N4O2. The van der Waals surface area contributed by atoms with Gasteiger partial charge in [0, 0.05) is 6.61 Å². The van der Waals surface area contributed by atoms with Gasteiger partial charge in [-0.3, -0.25) is 5.32 Å². The molecule has 1 aromatic carbocycles. The van der Waals surface area contributed by atoms with E-state index < -0.39 is 0 Å². The van der Waals surface area contributed by atoms with E-state index >= 15 is 0 Å². The number of para-hydroxylation sites is 2. The van der Waals surface area contributed by atoms with Crippen molar-refractivity contribution >= 4 is 23.0 Å². The molecule has 1 aromatic heterocycles. The van der Waals surface area contributed by atoms with Gasteiger partial charge in [0.1, 0.15) is 0 Å². The summed E-state index contributed by atoms with van der Waals surface area (Å²) >= 11 is 0.